The molecule has 0 heterocycles. The van der Waals surface area contributed by atoms with E-state index >= 15 is 0 Å². The molecule has 0 nitrogen and oxygen atoms in total. The normalized spacial score (nSPS) is 24.4. The summed E-state index contributed by atoms with van der Waals surface area (Å²) < 4.78 is 0. The van der Waals surface area contributed by atoms with Crippen molar-refractivity contribution in [2.75, 3.05) is 0 Å². The van der Waals surface area contributed by atoms with Crippen LogP contribution >= 0.6 is 0 Å². The Morgan fingerprint density at radius 1 is 0.867 bits per heavy atom. The van der Waals surface area contributed by atoms with Gasteiger partial charge >= 0.3 is 0 Å². The van der Waals surface area contributed by atoms with E-state index in [-0.39, 0.29) is 8.80 Å². The maximum absolute atomic E-state index is 2.37. The van der Waals surface area contributed by atoms with Crippen molar-refractivity contribution in [3.05, 3.63) is 0 Å². The van der Waals surface area contributed by atoms with Crippen LogP contribution in [0.2, 0.25) is 17.1 Å². The molecule has 0 aromatic heterocycles. The monoisotopic (exact) mass is 224 g/mol. The van der Waals surface area contributed by atoms with E-state index in [9.17, 15) is 0 Å². The van der Waals surface area contributed by atoms with Gasteiger partial charge in [0.25, 0.3) is 0 Å². The van der Waals surface area contributed by atoms with E-state index < -0.39 is 0 Å². The van der Waals surface area contributed by atoms with Gasteiger partial charge in [0.1, 0.15) is 0 Å². The second kappa shape index (κ2) is 6.08. The fourth-order valence-electron chi connectivity index (χ4n) is 4.07. The Bertz CT molecular complexity index is 150. The van der Waals surface area contributed by atoms with Gasteiger partial charge in [-0.15, -0.1) is 0 Å². The Hall–Kier alpha value is 0.217. The molecule has 0 aromatic rings. The van der Waals surface area contributed by atoms with Crippen LogP contribution in [0.4, 0.5) is 0 Å². The summed E-state index contributed by atoms with van der Waals surface area (Å²) in [4.78, 5) is 0. The minimum atomic E-state index is -0.356. The van der Waals surface area contributed by atoms with Crippen molar-refractivity contribution in [2.45, 2.75) is 88.3 Å². The van der Waals surface area contributed by atoms with Gasteiger partial charge in [-0.1, -0.05) is 77.2 Å². The molecule has 0 aromatic carbocycles. The SMILES string of the molecule is CCCC[SiH](C1CCCC1)C1CCCC1. The van der Waals surface area contributed by atoms with Crippen LogP contribution in [0, 0.1) is 0 Å². The van der Waals surface area contributed by atoms with Crippen LogP contribution in [-0.2, 0) is 0 Å². The van der Waals surface area contributed by atoms with E-state index in [2.05, 4.69) is 6.92 Å². The lowest BCUT2D eigenvalue weighted by Gasteiger charge is -2.27. The van der Waals surface area contributed by atoms with Gasteiger partial charge in [-0.3, -0.25) is 0 Å². The lowest BCUT2D eigenvalue weighted by Crippen LogP contribution is -2.24. The zero-order chi connectivity index (χ0) is 10.5. The molecule has 0 aliphatic heterocycles. The van der Waals surface area contributed by atoms with Crippen LogP contribution in [-0.4, -0.2) is 8.80 Å². The minimum absolute atomic E-state index is 0.356. The molecule has 2 rings (SSSR count). The minimum Gasteiger partial charge on any atom is -0.0654 e. The largest absolute Gasteiger partial charge is 0.0654 e. The molecular formula is C14H28Si. The number of hydrogen-bond acceptors (Lipinski definition) is 0. The Morgan fingerprint density at radius 3 is 1.73 bits per heavy atom. The van der Waals surface area contributed by atoms with Crippen LogP contribution < -0.4 is 0 Å². The van der Waals surface area contributed by atoms with Crippen molar-refractivity contribution in [3.8, 4) is 0 Å². The molecule has 0 spiro atoms. The first-order chi connectivity index (χ1) is 7.42. The molecule has 0 unspecified atom stereocenters. The van der Waals surface area contributed by atoms with Crippen LogP contribution in [0.25, 0.3) is 0 Å². The first kappa shape index (κ1) is 11.7. The third-order valence-electron chi connectivity index (χ3n) is 4.90. The van der Waals surface area contributed by atoms with Gasteiger partial charge in [-0.2, -0.15) is 0 Å². The summed E-state index contributed by atoms with van der Waals surface area (Å²) in [5.41, 5.74) is 2.53. The molecule has 0 atom stereocenters. The Kier molecular flexibility index (Phi) is 4.74. The third kappa shape index (κ3) is 3.09. The van der Waals surface area contributed by atoms with Gasteiger partial charge < -0.3 is 0 Å². The fraction of sp³-hybridized carbons (Fsp3) is 1.00. The lowest BCUT2D eigenvalue weighted by atomic mass is 10.3. The topological polar surface area (TPSA) is 0 Å². The highest BCUT2D eigenvalue weighted by Crippen LogP contribution is 2.45. The van der Waals surface area contributed by atoms with Crippen molar-refractivity contribution in [1.82, 2.24) is 0 Å². The summed E-state index contributed by atoms with van der Waals surface area (Å²) in [6.07, 6.45) is 15.7. The second-order valence-electron chi connectivity index (χ2n) is 5.90. The standard InChI is InChI=1S/C14H28Si/c1-2-3-12-15(13-8-4-5-9-13)14-10-6-7-11-14/h13-15H,2-12H2,1H3. The first-order valence-corrected chi connectivity index (χ1v) is 9.56. The Labute approximate surface area is 97.4 Å². The van der Waals surface area contributed by atoms with E-state index in [1.807, 2.05) is 0 Å². The molecular weight excluding hydrogens is 196 g/mol. The summed E-state index contributed by atoms with van der Waals surface area (Å²) in [5.74, 6) is 0. The van der Waals surface area contributed by atoms with Gasteiger partial charge in [0, 0.05) is 8.80 Å². The van der Waals surface area contributed by atoms with E-state index in [1.165, 1.54) is 17.5 Å². The summed E-state index contributed by atoms with van der Waals surface area (Å²) in [6, 6.07) is 1.69. The maximum atomic E-state index is 2.37. The third-order valence-corrected chi connectivity index (χ3v) is 9.73. The molecule has 2 aliphatic rings. The molecule has 2 aliphatic carbocycles. The molecule has 1 heteroatoms. The molecule has 0 bridgehead atoms. The van der Waals surface area contributed by atoms with Gasteiger partial charge in [-0.05, 0) is 11.1 Å². The van der Waals surface area contributed by atoms with Crippen LogP contribution in [0.15, 0.2) is 0 Å². The summed E-state index contributed by atoms with van der Waals surface area (Å²) in [6.45, 7) is 2.37. The summed E-state index contributed by atoms with van der Waals surface area (Å²) in [7, 11) is -0.356. The van der Waals surface area contributed by atoms with Crippen LogP contribution in [0.5, 0.6) is 0 Å². The highest BCUT2D eigenvalue weighted by Gasteiger charge is 2.33. The molecule has 0 radical (unpaired) electrons. The highest BCUT2D eigenvalue weighted by molar-refractivity contribution is 6.62. The van der Waals surface area contributed by atoms with Crippen LogP contribution in [0.1, 0.15) is 71.1 Å². The average Bonchev–Trinajstić information content (AvgIpc) is 2.90. The molecule has 2 saturated carbocycles. The molecule has 0 saturated heterocycles. The van der Waals surface area contributed by atoms with E-state index in [1.54, 1.807) is 63.8 Å². The Morgan fingerprint density at radius 2 is 1.33 bits per heavy atom. The molecule has 15 heavy (non-hydrogen) atoms. The van der Waals surface area contributed by atoms with Gasteiger partial charge in [0.2, 0.25) is 0 Å². The van der Waals surface area contributed by atoms with Crippen molar-refractivity contribution in [3.63, 3.8) is 0 Å². The predicted molar refractivity (Wildman–Crippen MR) is 71.3 cm³/mol. The zero-order valence-electron chi connectivity index (χ0n) is 10.5. The quantitative estimate of drug-likeness (QED) is 0.583. The fourth-order valence-corrected chi connectivity index (χ4v) is 9.31. The van der Waals surface area contributed by atoms with E-state index in [4.69, 9.17) is 0 Å². The zero-order valence-corrected chi connectivity index (χ0v) is 11.7. The highest BCUT2D eigenvalue weighted by atomic mass is 28.3. The Balaban J connectivity index is 1.88. The van der Waals surface area contributed by atoms with Gasteiger partial charge in [-0.25, -0.2) is 0 Å². The van der Waals surface area contributed by atoms with Gasteiger partial charge in [0.05, 0.1) is 0 Å². The van der Waals surface area contributed by atoms with Crippen molar-refractivity contribution >= 4 is 8.80 Å². The predicted octanol–water partition coefficient (Wildman–Crippen LogP) is 4.90. The number of hydrogen-bond donors (Lipinski definition) is 0. The van der Waals surface area contributed by atoms with Gasteiger partial charge in [0.15, 0.2) is 0 Å². The summed E-state index contributed by atoms with van der Waals surface area (Å²) in [5, 5.41) is 0. The molecule has 0 amide bonds. The lowest BCUT2D eigenvalue weighted by molar-refractivity contribution is 0.744. The first-order valence-electron chi connectivity index (χ1n) is 7.42. The maximum Gasteiger partial charge on any atom is 0.0430 e. The number of unbranched alkanes of at least 4 members (excludes halogenated alkanes) is 1. The van der Waals surface area contributed by atoms with Crippen molar-refractivity contribution in [2.24, 2.45) is 0 Å². The van der Waals surface area contributed by atoms with E-state index in [0.29, 0.717) is 0 Å². The van der Waals surface area contributed by atoms with E-state index in [0.717, 1.165) is 0 Å². The second-order valence-corrected chi connectivity index (χ2v) is 9.69. The van der Waals surface area contributed by atoms with Crippen molar-refractivity contribution < 1.29 is 0 Å². The molecule has 0 N–H and O–H groups in total. The van der Waals surface area contributed by atoms with Crippen molar-refractivity contribution in [1.29, 1.82) is 0 Å². The van der Waals surface area contributed by atoms with Crippen LogP contribution in [0.3, 0.4) is 0 Å². The smallest absolute Gasteiger partial charge is 0.0430 e. The average molecular weight is 224 g/mol. The summed E-state index contributed by atoms with van der Waals surface area (Å²) >= 11 is 0. The molecule has 88 valence electrons. The molecule has 2 fully saturated rings. The number of rotatable bonds is 5.